The lowest BCUT2D eigenvalue weighted by Gasteiger charge is -2.05. The minimum atomic E-state index is -1.06. The highest BCUT2D eigenvalue weighted by Gasteiger charge is 2.11. The number of carboxylic acid groups (broad SMARTS) is 1. The van der Waals surface area contributed by atoms with Crippen molar-refractivity contribution in [2.45, 2.75) is 6.92 Å². The normalized spacial score (nSPS) is 11.4. The standard InChI is InChI=1S/C7H9NO3/c1-5(3-8-4-9)6(2)7(10)11/h5H,2-3H2,1H3,(H,10,11). The number of isocyanates is 1. The van der Waals surface area contributed by atoms with Crippen molar-refractivity contribution in [1.82, 2.24) is 0 Å². The largest absolute Gasteiger partial charge is 0.478 e. The van der Waals surface area contributed by atoms with E-state index in [0.29, 0.717) is 0 Å². The molecule has 0 spiro atoms. The summed E-state index contributed by atoms with van der Waals surface area (Å²) >= 11 is 0. The summed E-state index contributed by atoms with van der Waals surface area (Å²) in [6.45, 7) is 5.09. The Morgan fingerprint density at radius 2 is 2.36 bits per heavy atom. The quantitative estimate of drug-likeness (QED) is 0.367. The summed E-state index contributed by atoms with van der Waals surface area (Å²) < 4.78 is 0. The van der Waals surface area contributed by atoms with E-state index in [1.54, 1.807) is 6.92 Å². The molecule has 4 nitrogen and oxygen atoms in total. The van der Waals surface area contributed by atoms with Crippen LogP contribution in [0, 0.1) is 5.92 Å². The zero-order chi connectivity index (χ0) is 8.85. The van der Waals surface area contributed by atoms with Crippen LogP contribution in [0.25, 0.3) is 0 Å². The minimum absolute atomic E-state index is 0.0593. The first kappa shape index (κ1) is 9.59. The van der Waals surface area contributed by atoms with Gasteiger partial charge in [0.15, 0.2) is 0 Å². The molecule has 1 atom stereocenters. The average Bonchev–Trinajstić information content (AvgIpc) is 1.98. The van der Waals surface area contributed by atoms with Crippen molar-refractivity contribution in [3.05, 3.63) is 12.2 Å². The van der Waals surface area contributed by atoms with E-state index in [2.05, 4.69) is 11.6 Å². The second-order valence-electron chi connectivity index (χ2n) is 2.16. The van der Waals surface area contributed by atoms with Gasteiger partial charge in [0, 0.05) is 11.5 Å². The van der Waals surface area contributed by atoms with Crippen LogP contribution >= 0.6 is 0 Å². The summed E-state index contributed by atoms with van der Waals surface area (Å²) in [4.78, 5) is 23.1. The van der Waals surface area contributed by atoms with Crippen molar-refractivity contribution < 1.29 is 14.7 Å². The number of nitrogens with zero attached hydrogens (tertiary/aromatic N) is 1. The predicted octanol–water partition coefficient (Wildman–Crippen LogP) is 0.599. The second kappa shape index (κ2) is 4.41. The molecule has 1 unspecified atom stereocenters. The van der Waals surface area contributed by atoms with E-state index < -0.39 is 5.97 Å². The Balaban J connectivity index is 4.03. The van der Waals surface area contributed by atoms with Crippen molar-refractivity contribution in [2.24, 2.45) is 10.9 Å². The van der Waals surface area contributed by atoms with Crippen molar-refractivity contribution in [2.75, 3.05) is 6.54 Å². The second-order valence-corrected chi connectivity index (χ2v) is 2.16. The summed E-state index contributed by atoms with van der Waals surface area (Å²) in [6, 6.07) is 0. The number of aliphatic carboxylic acids is 1. The van der Waals surface area contributed by atoms with Gasteiger partial charge in [-0.2, -0.15) is 0 Å². The average molecular weight is 155 g/mol. The first-order valence-corrected chi connectivity index (χ1v) is 3.05. The van der Waals surface area contributed by atoms with Gasteiger partial charge < -0.3 is 5.11 Å². The topological polar surface area (TPSA) is 66.7 Å². The third-order valence-corrected chi connectivity index (χ3v) is 1.30. The molecule has 0 saturated carbocycles. The van der Waals surface area contributed by atoms with Gasteiger partial charge in [-0.15, -0.1) is 0 Å². The van der Waals surface area contributed by atoms with E-state index in [9.17, 15) is 9.59 Å². The molecular weight excluding hydrogens is 146 g/mol. The van der Waals surface area contributed by atoms with E-state index in [0.717, 1.165) is 0 Å². The molecule has 0 aliphatic carbocycles. The number of carbonyl (C=O) groups is 1. The summed E-state index contributed by atoms with van der Waals surface area (Å²) in [5.74, 6) is -1.37. The summed E-state index contributed by atoms with van der Waals surface area (Å²) in [5.41, 5.74) is 0.0593. The van der Waals surface area contributed by atoms with Gasteiger partial charge in [0.05, 0.1) is 6.54 Å². The zero-order valence-electron chi connectivity index (χ0n) is 6.20. The lowest BCUT2D eigenvalue weighted by molar-refractivity contribution is -0.133. The Bertz CT molecular complexity index is 216. The van der Waals surface area contributed by atoms with Crippen LogP contribution in [0.5, 0.6) is 0 Å². The number of carboxylic acids is 1. The lowest BCUT2D eigenvalue weighted by atomic mass is 10.0. The molecule has 11 heavy (non-hydrogen) atoms. The van der Waals surface area contributed by atoms with Crippen molar-refractivity contribution in [3.8, 4) is 0 Å². The molecule has 0 aromatic heterocycles. The highest BCUT2D eigenvalue weighted by Crippen LogP contribution is 2.07. The predicted molar refractivity (Wildman–Crippen MR) is 38.9 cm³/mol. The van der Waals surface area contributed by atoms with Crippen LogP contribution in [0.1, 0.15) is 6.92 Å². The fourth-order valence-corrected chi connectivity index (χ4v) is 0.495. The number of carbonyl (C=O) groups excluding carboxylic acids is 1. The Morgan fingerprint density at radius 3 is 2.73 bits per heavy atom. The van der Waals surface area contributed by atoms with Crippen molar-refractivity contribution in [3.63, 3.8) is 0 Å². The van der Waals surface area contributed by atoms with E-state index in [-0.39, 0.29) is 18.0 Å². The fraction of sp³-hybridized carbons (Fsp3) is 0.429. The van der Waals surface area contributed by atoms with Gasteiger partial charge in [-0.05, 0) is 0 Å². The summed E-state index contributed by atoms with van der Waals surface area (Å²) in [6.07, 6.45) is 1.33. The molecule has 0 aromatic carbocycles. The maximum atomic E-state index is 10.3. The highest BCUT2D eigenvalue weighted by atomic mass is 16.4. The monoisotopic (exact) mass is 155 g/mol. The van der Waals surface area contributed by atoms with Crippen LogP contribution < -0.4 is 0 Å². The maximum Gasteiger partial charge on any atom is 0.331 e. The molecule has 0 aliphatic heterocycles. The molecular formula is C7H9NO3. The number of hydrogen-bond acceptors (Lipinski definition) is 3. The molecule has 0 saturated heterocycles. The highest BCUT2D eigenvalue weighted by molar-refractivity contribution is 5.86. The number of hydrogen-bond donors (Lipinski definition) is 1. The molecule has 0 bridgehead atoms. The van der Waals surface area contributed by atoms with Crippen LogP contribution in [0.15, 0.2) is 17.1 Å². The van der Waals surface area contributed by atoms with Gasteiger partial charge in [0.25, 0.3) is 0 Å². The molecule has 0 aliphatic rings. The summed E-state index contributed by atoms with van der Waals surface area (Å²) in [5, 5.41) is 8.41. The van der Waals surface area contributed by atoms with Crippen LogP contribution in [-0.2, 0) is 9.59 Å². The van der Waals surface area contributed by atoms with Crippen molar-refractivity contribution >= 4 is 12.0 Å². The van der Waals surface area contributed by atoms with Gasteiger partial charge in [0.1, 0.15) is 0 Å². The van der Waals surface area contributed by atoms with Gasteiger partial charge >= 0.3 is 5.97 Å². The molecule has 1 N–H and O–H groups in total. The van der Waals surface area contributed by atoms with E-state index >= 15 is 0 Å². The first-order valence-electron chi connectivity index (χ1n) is 3.05. The van der Waals surface area contributed by atoms with Gasteiger partial charge in [-0.25, -0.2) is 14.6 Å². The van der Waals surface area contributed by atoms with E-state index in [1.165, 1.54) is 6.08 Å². The summed E-state index contributed by atoms with van der Waals surface area (Å²) in [7, 11) is 0. The smallest absolute Gasteiger partial charge is 0.331 e. The molecule has 0 heterocycles. The Kier molecular flexibility index (Phi) is 3.85. The van der Waals surface area contributed by atoms with Crippen LogP contribution in [0.4, 0.5) is 0 Å². The Labute approximate surface area is 64.3 Å². The van der Waals surface area contributed by atoms with Gasteiger partial charge in [-0.3, -0.25) is 0 Å². The molecule has 4 heteroatoms. The minimum Gasteiger partial charge on any atom is -0.478 e. The maximum absolute atomic E-state index is 10.3. The number of aliphatic imine (C=N–C) groups is 1. The third kappa shape index (κ3) is 3.33. The zero-order valence-corrected chi connectivity index (χ0v) is 6.20. The fourth-order valence-electron chi connectivity index (χ4n) is 0.495. The van der Waals surface area contributed by atoms with Crippen LogP contribution in [0.3, 0.4) is 0 Å². The molecule has 60 valence electrons. The van der Waals surface area contributed by atoms with Crippen LogP contribution in [-0.4, -0.2) is 23.7 Å². The molecule has 0 rings (SSSR count). The SMILES string of the molecule is C=C(C(=O)O)C(C)CN=C=O. The van der Waals surface area contributed by atoms with Gasteiger partial charge in [-0.1, -0.05) is 13.5 Å². The van der Waals surface area contributed by atoms with E-state index in [4.69, 9.17) is 5.11 Å². The molecule has 0 amide bonds. The lowest BCUT2D eigenvalue weighted by Crippen LogP contribution is -2.10. The van der Waals surface area contributed by atoms with Gasteiger partial charge in [0.2, 0.25) is 6.08 Å². The first-order chi connectivity index (χ1) is 5.09. The number of rotatable bonds is 4. The van der Waals surface area contributed by atoms with E-state index in [1.807, 2.05) is 0 Å². The third-order valence-electron chi connectivity index (χ3n) is 1.30. The Morgan fingerprint density at radius 1 is 1.82 bits per heavy atom. The molecule has 0 fully saturated rings. The molecule has 0 radical (unpaired) electrons. The Hall–Kier alpha value is -1.41. The van der Waals surface area contributed by atoms with Crippen molar-refractivity contribution in [1.29, 1.82) is 0 Å². The van der Waals surface area contributed by atoms with Crippen LogP contribution in [0.2, 0.25) is 0 Å². The molecule has 0 aromatic rings.